The van der Waals surface area contributed by atoms with E-state index in [0.717, 1.165) is 28.8 Å². The van der Waals surface area contributed by atoms with Gasteiger partial charge in [0.05, 0.1) is 18.4 Å². The number of aromatic carboxylic acids is 1. The number of pyridine rings is 1. The maximum atomic E-state index is 14.3. The normalized spacial score (nSPS) is 14.9. The van der Waals surface area contributed by atoms with E-state index in [2.05, 4.69) is 10.1 Å². The van der Waals surface area contributed by atoms with Crippen LogP contribution in [0.1, 0.15) is 51.5 Å². The number of aryl methyl sites for hydroxylation is 1. The summed E-state index contributed by atoms with van der Waals surface area (Å²) < 4.78 is 100. The smallest absolute Gasteiger partial charge is 0.434 e. The summed E-state index contributed by atoms with van der Waals surface area (Å²) in [7, 11) is 0. The van der Waals surface area contributed by atoms with Crippen molar-refractivity contribution in [1.29, 1.82) is 0 Å². The second-order valence-corrected chi connectivity index (χ2v) is 10.8. The number of carboxylic acid groups (broad SMARTS) is 1. The Morgan fingerprint density at radius 1 is 1.02 bits per heavy atom. The van der Waals surface area contributed by atoms with Crippen LogP contribution in [0.5, 0.6) is 5.75 Å². The van der Waals surface area contributed by atoms with Crippen LogP contribution in [0, 0.1) is 12.7 Å². The van der Waals surface area contributed by atoms with Crippen molar-refractivity contribution in [1.82, 2.24) is 19.7 Å². The number of piperidine rings is 1. The third kappa shape index (κ3) is 7.44. The van der Waals surface area contributed by atoms with E-state index in [4.69, 9.17) is 4.74 Å². The minimum Gasteiger partial charge on any atom is -0.488 e. The van der Waals surface area contributed by atoms with Gasteiger partial charge in [0, 0.05) is 5.56 Å². The number of ether oxygens (including phenoxy) is 1. The van der Waals surface area contributed by atoms with Gasteiger partial charge in [-0.1, -0.05) is 24.3 Å². The molecule has 0 bridgehead atoms. The summed E-state index contributed by atoms with van der Waals surface area (Å²) in [6.45, 7) is 1.74. The fraction of sp³-hybridized carbons (Fsp3) is 0.323. The van der Waals surface area contributed by atoms with E-state index in [1.807, 2.05) is 25.1 Å². The number of alkyl halides is 6. The highest BCUT2D eigenvalue weighted by atomic mass is 19.4. The molecule has 14 heteroatoms. The molecule has 45 heavy (non-hydrogen) atoms. The molecule has 0 aliphatic carbocycles. The summed E-state index contributed by atoms with van der Waals surface area (Å²) in [4.78, 5) is 17.0. The molecule has 2 aromatic carbocycles. The van der Waals surface area contributed by atoms with Crippen molar-refractivity contribution in [3.63, 3.8) is 0 Å². The van der Waals surface area contributed by atoms with E-state index < -0.39 is 41.9 Å². The topological polar surface area (TPSA) is 80.5 Å². The van der Waals surface area contributed by atoms with Crippen LogP contribution >= 0.6 is 0 Å². The Kier molecular flexibility index (Phi) is 8.88. The van der Waals surface area contributed by atoms with E-state index in [1.165, 1.54) is 29.2 Å². The van der Waals surface area contributed by atoms with Crippen LogP contribution in [0.15, 0.2) is 60.8 Å². The van der Waals surface area contributed by atoms with Crippen molar-refractivity contribution in [3.05, 3.63) is 94.6 Å². The second kappa shape index (κ2) is 12.5. The zero-order valence-corrected chi connectivity index (χ0v) is 23.8. The number of hydrogen-bond acceptors (Lipinski definition) is 5. The Bertz CT molecular complexity index is 1690. The first-order valence-electron chi connectivity index (χ1n) is 13.9. The summed E-state index contributed by atoms with van der Waals surface area (Å²) in [5.41, 5.74) is 0.370. The van der Waals surface area contributed by atoms with Crippen molar-refractivity contribution in [2.24, 2.45) is 0 Å². The Morgan fingerprint density at radius 3 is 2.40 bits per heavy atom. The van der Waals surface area contributed by atoms with Gasteiger partial charge in [0.1, 0.15) is 23.7 Å². The van der Waals surface area contributed by atoms with Gasteiger partial charge in [0.15, 0.2) is 11.5 Å². The number of aromatic nitrogens is 3. The van der Waals surface area contributed by atoms with Gasteiger partial charge in [-0.2, -0.15) is 31.4 Å². The number of halogens is 7. The first-order chi connectivity index (χ1) is 21.2. The predicted molar refractivity (Wildman–Crippen MR) is 149 cm³/mol. The quantitative estimate of drug-likeness (QED) is 0.203. The molecule has 1 N–H and O–H groups in total. The number of likely N-dealkylation sites (tertiary alicyclic amines) is 1. The number of rotatable bonds is 8. The molecule has 1 fully saturated rings. The lowest BCUT2D eigenvalue weighted by Crippen LogP contribution is -2.39. The molecule has 4 aromatic rings. The molecule has 0 unspecified atom stereocenters. The minimum absolute atomic E-state index is 0.0615. The molecule has 0 radical (unpaired) electrons. The molecular formula is C31H27F7N4O3. The number of hydrogen-bond donors (Lipinski definition) is 1. The van der Waals surface area contributed by atoms with E-state index in [9.17, 15) is 40.6 Å². The molecule has 2 aromatic heterocycles. The highest BCUT2D eigenvalue weighted by Gasteiger charge is 2.41. The van der Waals surface area contributed by atoms with Crippen molar-refractivity contribution in [2.75, 3.05) is 19.6 Å². The van der Waals surface area contributed by atoms with Gasteiger partial charge >= 0.3 is 18.3 Å². The van der Waals surface area contributed by atoms with Gasteiger partial charge in [-0.3, -0.25) is 4.90 Å². The van der Waals surface area contributed by atoms with E-state index in [0.29, 0.717) is 36.8 Å². The molecule has 0 amide bonds. The molecular weight excluding hydrogens is 609 g/mol. The van der Waals surface area contributed by atoms with E-state index in [1.54, 1.807) is 0 Å². The highest BCUT2D eigenvalue weighted by Crippen LogP contribution is 2.36. The zero-order chi connectivity index (χ0) is 32.5. The van der Waals surface area contributed by atoms with Crippen LogP contribution in [0.2, 0.25) is 0 Å². The van der Waals surface area contributed by atoms with E-state index in [-0.39, 0.29) is 35.3 Å². The molecule has 3 heterocycles. The number of carbonyl (C=O) groups is 1. The van der Waals surface area contributed by atoms with Crippen LogP contribution in [-0.2, 0) is 12.8 Å². The zero-order valence-electron chi connectivity index (χ0n) is 23.8. The summed E-state index contributed by atoms with van der Waals surface area (Å²) >= 11 is 0. The Morgan fingerprint density at radius 2 is 1.76 bits per heavy atom. The summed E-state index contributed by atoms with van der Waals surface area (Å²) in [5.74, 6) is -2.46. The fourth-order valence-electron chi connectivity index (χ4n) is 5.44. The first kappa shape index (κ1) is 31.9. The van der Waals surface area contributed by atoms with Gasteiger partial charge in [-0.25, -0.2) is 18.9 Å². The van der Waals surface area contributed by atoms with Crippen LogP contribution in [0.3, 0.4) is 0 Å². The number of benzene rings is 2. The summed E-state index contributed by atoms with van der Waals surface area (Å²) in [6, 6.07) is 13.5. The molecule has 238 valence electrons. The molecule has 7 nitrogen and oxygen atoms in total. The van der Waals surface area contributed by atoms with Crippen LogP contribution in [0.4, 0.5) is 30.7 Å². The number of nitrogens with zero attached hydrogens (tertiary/aromatic N) is 4. The van der Waals surface area contributed by atoms with Gasteiger partial charge in [0.2, 0.25) is 0 Å². The Balaban J connectivity index is 1.35. The third-order valence-corrected chi connectivity index (χ3v) is 7.65. The standard InChI is InChI=1S/C31H27F7N4O3/c1-18-13-20(19-9-11-41(12-10-19)17-30(33,34)35)5-6-21(18)16-45-26-8-7-22(32)14-23(26)25-3-2-4-27(40-25)42-28(31(36,37)38)24(15-39-42)29(43)44/h2-8,13-15,19H,9-12,16-17H2,1H3,(H,43,44). The average molecular weight is 637 g/mol. The monoisotopic (exact) mass is 636 g/mol. The molecule has 0 atom stereocenters. The van der Waals surface area contributed by atoms with Crippen LogP contribution in [-0.4, -0.2) is 56.6 Å². The van der Waals surface area contributed by atoms with Gasteiger partial charge in [-0.05, 0) is 85.8 Å². The third-order valence-electron chi connectivity index (χ3n) is 7.65. The summed E-state index contributed by atoms with van der Waals surface area (Å²) in [6.07, 6.45) is -7.47. The van der Waals surface area contributed by atoms with Gasteiger partial charge in [-0.15, -0.1) is 0 Å². The number of carboxylic acids is 1. The summed E-state index contributed by atoms with van der Waals surface area (Å²) in [5, 5.41) is 12.8. The molecule has 1 aliphatic rings. The average Bonchev–Trinajstić information content (AvgIpc) is 3.44. The van der Waals surface area contributed by atoms with Crippen LogP contribution < -0.4 is 4.74 Å². The van der Waals surface area contributed by atoms with Crippen molar-refractivity contribution >= 4 is 5.97 Å². The minimum atomic E-state index is -5.05. The van der Waals surface area contributed by atoms with E-state index >= 15 is 0 Å². The fourth-order valence-corrected chi connectivity index (χ4v) is 5.44. The van der Waals surface area contributed by atoms with Gasteiger partial charge in [0.25, 0.3) is 0 Å². The molecule has 1 saturated heterocycles. The lowest BCUT2D eigenvalue weighted by atomic mass is 9.88. The second-order valence-electron chi connectivity index (χ2n) is 10.8. The molecule has 0 saturated carbocycles. The molecule has 1 aliphatic heterocycles. The lowest BCUT2D eigenvalue weighted by Gasteiger charge is -2.32. The Hall–Kier alpha value is -4.46. The van der Waals surface area contributed by atoms with Gasteiger partial charge < -0.3 is 9.84 Å². The maximum absolute atomic E-state index is 14.3. The van der Waals surface area contributed by atoms with Crippen molar-refractivity contribution in [2.45, 2.75) is 44.6 Å². The van der Waals surface area contributed by atoms with Crippen LogP contribution in [0.25, 0.3) is 17.1 Å². The highest BCUT2D eigenvalue weighted by molar-refractivity contribution is 5.89. The lowest BCUT2D eigenvalue weighted by molar-refractivity contribution is -0.148. The molecule has 5 rings (SSSR count). The largest absolute Gasteiger partial charge is 0.488 e. The van der Waals surface area contributed by atoms with Crippen molar-refractivity contribution < 1.29 is 45.4 Å². The first-order valence-corrected chi connectivity index (χ1v) is 13.9. The predicted octanol–water partition coefficient (Wildman–Crippen LogP) is 7.42. The SMILES string of the molecule is Cc1cc(C2CCN(CC(F)(F)F)CC2)ccc1COc1ccc(F)cc1-c1cccc(-n2ncc(C(=O)O)c2C(F)(F)F)n1. The molecule has 0 spiro atoms. The maximum Gasteiger partial charge on any atom is 0.434 e. The Labute approximate surface area is 252 Å². The van der Waals surface area contributed by atoms with Crippen molar-refractivity contribution in [3.8, 4) is 22.8 Å².